The zero-order chi connectivity index (χ0) is 29.5. The molecule has 226 valence electrons. The van der Waals surface area contributed by atoms with Crippen LogP contribution >= 0.6 is 0 Å². The van der Waals surface area contributed by atoms with Gasteiger partial charge in [0.15, 0.2) is 17.1 Å². The Morgan fingerprint density at radius 1 is 1.17 bits per heavy atom. The zero-order valence-corrected chi connectivity index (χ0v) is 24.9. The van der Waals surface area contributed by atoms with Gasteiger partial charge in [0.1, 0.15) is 6.10 Å². The van der Waals surface area contributed by atoms with E-state index in [1.165, 1.54) is 0 Å². The second-order valence-corrected chi connectivity index (χ2v) is 12.6. The van der Waals surface area contributed by atoms with Crippen molar-refractivity contribution in [3.63, 3.8) is 0 Å². The molecule has 9 nitrogen and oxygen atoms in total. The fourth-order valence-electron chi connectivity index (χ4n) is 7.56. The lowest BCUT2D eigenvalue weighted by molar-refractivity contribution is -0.195. The van der Waals surface area contributed by atoms with Crippen LogP contribution in [0.25, 0.3) is 11.3 Å². The molecule has 10 heteroatoms. The summed E-state index contributed by atoms with van der Waals surface area (Å²) < 4.78 is 27.4. The Morgan fingerprint density at radius 2 is 1.95 bits per heavy atom. The average Bonchev–Trinajstić information content (AvgIpc) is 3.58. The van der Waals surface area contributed by atoms with Gasteiger partial charge < -0.3 is 24.6 Å². The Bertz CT molecular complexity index is 1330. The molecule has 0 radical (unpaired) electrons. The molecule has 1 N–H and O–H groups in total. The van der Waals surface area contributed by atoms with Crippen LogP contribution in [0, 0.1) is 11.3 Å². The molecule has 42 heavy (non-hydrogen) atoms. The molecule has 4 heterocycles. The van der Waals surface area contributed by atoms with Gasteiger partial charge in [-0.1, -0.05) is 6.92 Å². The number of likely N-dealkylation sites (N-methyl/N-ethyl adjacent to an activating group) is 1. The van der Waals surface area contributed by atoms with E-state index in [1.54, 1.807) is 11.1 Å². The summed E-state index contributed by atoms with van der Waals surface area (Å²) in [4.78, 5) is 39.6. The molecule has 4 aliphatic rings. The van der Waals surface area contributed by atoms with E-state index in [4.69, 9.17) is 14.5 Å². The molecule has 1 spiro atoms. The van der Waals surface area contributed by atoms with Crippen molar-refractivity contribution in [3.8, 4) is 22.9 Å². The Hall–Kier alpha value is -3.27. The highest BCUT2D eigenvalue weighted by atomic mass is 19.1. The van der Waals surface area contributed by atoms with Gasteiger partial charge in [-0.3, -0.25) is 9.59 Å². The van der Waals surface area contributed by atoms with Crippen molar-refractivity contribution in [2.75, 3.05) is 39.8 Å². The van der Waals surface area contributed by atoms with Gasteiger partial charge in [0.2, 0.25) is 5.88 Å². The number of likely N-dealkylation sites (tertiary alicyclic amines) is 2. The highest BCUT2D eigenvalue weighted by Gasteiger charge is 2.63. The minimum Gasteiger partial charge on any atom is -0.488 e. The van der Waals surface area contributed by atoms with E-state index in [0.717, 1.165) is 45.2 Å². The van der Waals surface area contributed by atoms with Gasteiger partial charge in [-0.2, -0.15) is 0 Å². The lowest BCUT2D eigenvalue weighted by Crippen LogP contribution is -2.72. The van der Waals surface area contributed by atoms with Gasteiger partial charge in [0.25, 0.3) is 11.8 Å². The number of carbonyl (C=O) groups is 2. The minimum atomic E-state index is -1.68. The summed E-state index contributed by atoms with van der Waals surface area (Å²) in [5, 5.41) is 3.16. The number of hydrogen-bond acceptors (Lipinski definition) is 7. The lowest BCUT2D eigenvalue weighted by Gasteiger charge is -2.64. The third-order valence-corrected chi connectivity index (χ3v) is 9.77. The van der Waals surface area contributed by atoms with E-state index in [-0.39, 0.29) is 41.0 Å². The summed E-state index contributed by atoms with van der Waals surface area (Å²) in [5.74, 6) is 0.532. The highest BCUT2D eigenvalue weighted by molar-refractivity contribution is 5.96. The van der Waals surface area contributed by atoms with Gasteiger partial charge >= 0.3 is 0 Å². The van der Waals surface area contributed by atoms with E-state index >= 15 is 4.39 Å². The van der Waals surface area contributed by atoms with Gasteiger partial charge in [-0.05, 0) is 89.7 Å². The van der Waals surface area contributed by atoms with E-state index in [1.807, 2.05) is 38.2 Å². The van der Waals surface area contributed by atoms with Crippen LogP contribution in [0.3, 0.4) is 0 Å². The van der Waals surface area contributed by atoms with Crippen molar-refractivity contribution in [3.05, 3.63) is 36.2 Å². The van der Waals surface area contributed by atoms with Gasteiger partial charge in [-0.15, -0.1) is 0 Å². The number of aromatic nitrogens is 2. The van der Waals surface area contributed by atoms with Gasteiger partial charge in [-0.25, -0.2) is 14.4 Å². The van der Waals surface area contributed by atoms with Gasteiger partial charge in [0, 0.05) is 43.2 Å². The third kappa shape index (κ3) is 5.23. The fourth-order valence-corrected chi connectivity index (χ4v) is 7.56. The maximum absolute atomic E-state index is 15.1. The normalized spacial score (nSPS) is 26.0. The second-order valence-electron chi connectivity index (χ2n) is 12.6. The molecule has 2 aromatic heterocycles. The number of ether oxygens (including phenoxy) is 2. The van der Waals surface area contributed by atoms with Crippen molar-refractivity contribution in [2.45, 2.75) is 76.6 Å². The molecule has 2 aromatic rings. The predicted molar refractivity (Wildman–Crippen MR) is 156 cm³/mol. The molecule has 2 aliphatic heterocycles. The van der Waals surface area contributed by atoms with Crippen LogP contribution in [-0.4, -0.2) is 89.2 Å². The molecule has 3 atom stereocenters. The SMILES string of the molecule is CCOc1ncccc1-c1ccc(OC2CC3(CN(C(=O)C4(F)CCCC4)C3)C2CC)c(C(=O)N[C@@H]2CCN(C)C2)n1. The van der Waals surface area contributed by atoms with E-state index in [0.29, 0.717) is 55.4 Å². The monoisotopic (exact) mass is 579 g/mol. The third-order valence-electron chi connectivity index (χ3n) is 9.77. The van der Waals surface area contributed by atoms with Crippen LogP contribution in [-0.2, 0) is 4.79 Å². The molecule has 0 bridgehead atoms. The molecule has 4 fully saturated rings. The van der Waals surface area contributed by atoms with Crippen LogP contribution < -0.4 is 14.8 Å². The average molecular weight is 580 g/mol. The van der Waals surface area contributed by atoms with Crippen molar-refractivity contribution in [1.29, 1.82) is 0 Å². The quantitative estimate of drug-likeness (QED) is 0.474. The van der Waals surface area contributed by atoms with Crippen molar-refractivity contribution in [1.82, 2.24) is 25.1 Å². The highest BCUT2D eigenvalue weighted by Crippen LogP contribution is 2.56. The Balaban J connectivity index is 1.20. The number of nitrogens with zero attached hydrogens (tertiary/aromatic N) is 4. The number of carbonyl (C=O) groups excluding carboxylic acids is 2. The zero-order valence-electron chi connectivity index (χ0n) is 24.9. The largest absolute Gasteiger partial charge is 0.488 e. The van der Waals surface area contributed by atoms with E-state index in [9.17, 15) is 9.59 Å². The Labute approximate surface area is 247 Å². The fraction of sp³-hybridized carbons (Fsp3) is 0.625. The first-order valence-electron chi connectivity index (χ1n) is 15.5. The summed E-state index contributed by atoms with van der Waals surface area (Å²) in [7, 11) is 2.05. The first kappa shape index (κ1) is 28.8. The lowest BCUT2D eigenvalue weighted by atomic mass is 9.53. The standard InChI is InChI=1S/C32H42FN5O4/c1-4-23-26(17-31(23)19-38(20-31)30(40)32(33)13-6-7-14-32)42-25-11-10-24(22-9-8-15-34-29(22)41-5-2)36-27(25)28(39)35-21-12-16-37(3)18-21/h8-11,15,21,23,26H,4-7,12-14,16-20H2,1-3H3,(H,35,39)/t21-,23?,26?/m1/s1. The molecule has 6 rings (SSSR count). The van der Waals surface area contributed by atoms with E-state index in [2.05, 4.69) is 22.1 Å². The first-order valence-corrected chi connectivity index (χ1v) is 15.5. The van der Waals surface area contributed by atoms with Crippen LogP contribution in [0.15, 0.2) is 30.5 Å². The van der Waals surface area contributed by atoms with Crippen LogP contribution in [0.5, 0.6) is 11.6 Å². The number of nitrogens with one attached hydrogen (secondary N) is 1. The van der Waals surface area contributed by atoms with Gasteiger partial charge in [0.05, 0.1) is 17.9 Å². The second kappa shape index (κ2) is 11.4. The maximum atomic E-state index is 15.1. The molecule has 2 saturated carbocycles. The van der Waals surface area contributed by atoms with E-state index < -0.39 is 5.67 Å². The predicted octanol–water partition coefficient (Wildman–Crippen LogP) is 4.26. The summed E-state index contributed by atoms with van der Waals surface area (Å²) in [6.45, 7) is 7.37. The number of amides is 2. The smallest absolute Gasteiger partial charge is 0.274 e. The molecule has 0 aromatic carbocycles. The van der Waals surface area contributed by atoms with Crippen molar-refractivity contribution in [2.24, 2.45) is 11.3 Å². The Morgan fingerprint density at radius 3 is 2.64 bits per heavy atom. The maximum Gasteiger partial charge on any atom is 0.274 e. The van der Waals surface area contributed by atoms with Crippen molar-refractivity contribution < 1.29 is 23.5 Å². The number of halogens is 1. The summed E-state index contributed by atoms with van der Waals surface area (Å²) >= 11 is 0. The number of rotatable bonds is 9. The molecular weight excluding hydrogens is 537 g/mol. The summed E-state index contributed by atoms with van der Waals surface area (Å²) in [6.07, 6.45) is 6.34. The Kier molecular flexibility index (Phi) is 7.85. The number of pyridine rings is 2. The number of alkyl halides is 1. The number of hydrogen-bond donors (Lipinski definition) is 1. The summed E-state index contributed by atoms with van der Waals surface area (Å²) in [6, 6.07) is 7.42. The summed E-state index contributed by atoms with van der Waals surface area (Å²) in [5.41, 5.74) is -0.179. The van der Waals surface area contributed by atoms with Crippen molar-refractivity contribution >= 4 is 11.8 Å². The molecule has 2 saturated heterocycles. The van der Waals surface area contributed by atoms with Crippen LogP contribution in [0.4, 0.5) is 4.39 Å². The van der Waals surface area contributed by atoms with Crippen LogP contribution in [0.2, 0.25) is 0 Å². The molecule has 2 aliphatic carbocycles. The molecule has 2 amide bonds. The molecular formula is C32H42FN5O4. The molecule has 2 unspecified atom stereocenters. The first-order chi connectivity index (χ1) is 20.2. The van der Waals surface area contributed by atoms with Crippen LogP contribution in [0.1, 0.15) is 69.3 Å². The minimum absolute atomic E-state index is 0.0453. The topological polar surface area (TPSA) is 96.9 Å².